The zero-order valence-corrected chi connectivity index (χ0v) is 8.84. The van der Waals surface area contributed by atoms with Crippen LogP contribution >= 0.6 is 35.2 Å². The predicted molar refractivity (Wildman–Crippen MR) is 60.5 cm³/mol. The van der Waals surface area contributed by atoms with E-state index >= 15 is 0 Å². The smallest absolute Gasteiger partial charge is 0.151 e. The van der Waals surface area contributed by atoms with Crippen LogP contribution in [0.15, 0.2) is 18.2 Å². The first kappa shape index (κ1) is 8.87. The van der Waals surface area contributed by atoms with E-state index in [1.54, 1.807) is 6.07 Å². The van der Waals surface area contributed by atoms with E-state index in [1.807, 2.05) is 12.1 Å². The number of benzene rings is 1. The lowest BCUT2D eigenvalue weighted by Gasteiger charge is -1.86. The highest BCUT2D eigenvalue weighted by atomic mass is 35.5. The van der Waals surface area contributed by atoms with Gasteiger partial charge in [-0.2, -0.15) is 0 Å². The second kappa shape index (κ2) is 3.21. The topological polar surface area (TPSA) is 38.9 Å². The lowest BCUT2D eigenvalue weighted by Crippen LogP contribution is -2.08. The van der Waals surface area contributed by atoms with Crippen LogP contribution in [0.25, 0.3) is 10.2 Å². The van der Waals surface area contributed by atoms with E-state index in [2.05, 4.69) is 4.98 Å². The Labute approximate surface area is 89.3 Å². The maximum absolute atomic E-state index is 5.81. The zero-order valence-electron chi connectivity index (χ0n) is 6.45. The fraction of sp³-hybridized carbons (Fsp3) is 0. The Morgan fingerprint density at radius 2 is 2.31 bits per heavy atom. The molecule has 0 bridgehead atoms. The number of halogens is 1. The number of hydrogen-bond acceptors (Lipinski definition) is 3. The Balaban J connectivity index is 2.68. The van der Waals surface area contributed by atoms with E-state index in [1.165, 1.54) is 11.3 Å². The molecule has 0 aliphatic rings. The van der Waals surface area contributed by atoms with Crippen LogP contribution in [0.3, 0.4) is 0 Å². The van der Waals surface area contributed by atoms with E-state index in [0.29, 0.717) is 15.0 Å². The van der Waals surface area contributed by atoms with Crippen LogP contribution in [0, 0.1) is 0 Å². The third kappa shape index (κ3) is 1.65. The number of thiocarbonyl (C=S) groups is 1. The van der Waals surface area contributed by atoms with Gasteiger partial charge >= 0.3 is 0 Å². The number of thiazole rings is 1. The Morgan fingerprint density at radius 3 is 3.00 bits per heavy atom. The average molecular weight is 229 g/mol. The van der Waals surface area contributed by atoms with Crippen molar-refractivity contribution in [1.82, 2.24) is 4.98 Å². The van der Waals surface area contributed by atoms with Crippen molar-refractivity contribution in [2.75, 3.05) is 0 Å². The van der Waals surface area contributed by atoms with E-state index in [-0.39, 0.29) is 0 Å². The van der Waals surface area contributed by atoms with Crippen molar-refractivity contribution in [2.45, 2.75) is 0 Å². The molecule has 0 saturated heterocycles. The van der Waals surface area contributed by atoms with Crippen LogP contribution in [-0.4, -0.2) is 9.97 Å². The molecule has 2 N–H and O–H groups in total. The number of nitrogens with zero attached hydrogens (tertiary/aromatic N) is 1. The van der Waals surface area contributed by atoms with Crippen molar-refractivity contribution in [2.24, 2.45) is 5.73 Å². The molecule has 0 atom stereocenters. The lowest BCUT2D eigenvalue weighted by molar-refractivity contribution is 1.45. The molecule has 0 aliphatic carbocycles. The van der Waals surface area contributed by atoms with Crippen molar-refractivity contribution >= 4 is 50.4 Å². The maximum atomic E-state index is 5.81. The first-order chi connectivity index (χ1) is 6.16. The highest BCUT2D eigenvalue weighted by Gasteiger charge is 2.05. The minimum absolute atomic E-state index is 0.331. The molecule has 0 radical (unpaired) electrons. The third-order valence-electron chi connectivity index (χ3n) is 1.56. The van der Waals surface area contributed by atoms with Gasteiger partial charge in [-0.15, -0.1) is 11.3 Å². The predicted octanol–water partition coefficient (Wildman–Crippen LogP) is 2.58. The van der Waals surface area contributed by atoms with Crippen molar-refractivity contribution in [1.29, 1.82) is 0 Å². The minimum Gasteiger partial charge on any atom is -0.387 e. The highest BCUT2D eigenvalue weighted by Crippen LogP contribution is 2.24. The molecule has 1 aromatic heterocycles. The van der Waals surface area contributed by atoms with Crippen LogP contribution in [0.4, 0.5) is 0 Å². The number of nitrogens with two attached hydrogens (primary N) is 1. The van der Waals surface area contributed by atoms with E-state index in [0.717, 1.165) is 10.2 Å². The molecule has 1 aromatic carbocycles. The summed E-state index contributed by atoms with van der Waals surface area (Å²) in [5.41, 5.74) is 6.31. The number of aromatic nitrogens is 1. The van der Waals surface area contributed by atoms with Gasteiger partial charge < -0.3 is 5.73 Å². The minimum atomic E-state index is 0.331. The van der Waals surface area contributed by atoms with E-state index < -0.39 is 0 Å². The van der Waals surface area contributed by atoms with Gasteiger partial charge in [-0.25, -0.2) is 4.98 Å². The van der Waals surface area contributed by atoms with Gasteiger partial charge in [0.25, 0.3) is 0 Å². The van der Waals surface area contributed by atoms with Gasteiger partial charge in [-0.05, 0) is 18.2 Å². The molecule has 0 fully saturated rings. The molecule has 1 heterocycles. The van der Waals surface area contributed by atoms with Gasteiger partial charge in [0.1, 0.15) is 4.99 Å². The van der Waals surface area contributed by atoms with Crippen LogP contribution in [0.5, 0.6) is 0 Å². The second-order valence-electron chi connectivity index (χ2n) is 2.50. The van der Waals surface area contributed by atoms with Gasteiger partial charge in [-0.3, -0.25) is 0 Å². The number of rotatable bonds is 1. The third-order valence-corrected chi connectivity index (χ3v) is 3.19. The quantitative estimate of drug-likeness (QED) is 0.763. The summed E-state index contributed by atoms with van der Waals surface area (Å²) in [6.45, 7) is 0. The fourth-order valence-electron chi connectivity index (χ4n) is 1.01. The Morgan fingerprint density at radius 1 is 1.54 bits per heavy atom. The summed E-state index contributed by atoms with van der Waals surface area (Å²) in [6, 6.07) is 5.54. The van der Waals surface area contributed by atoms with Gasteiger partial charge in [0.05, 0.1) is 10.2 Å². The molecule has 0 amide bonds. The lowest BCUT2D eigenvalue weighted by atomic mass is 10.3. The number of fused-ring (bicyclic) bond motifs is 1. The van der Waals surface area contributed by atoms with Gasteiger partial charge in [0, 0.05) is 5.02 Å². The molecular weight excluding hydrogens is 224 g/mol. The summed E-state index contributed by atoms with van der Waals surface area (Å²) >= 11 is 12.1. The van der Waals surface area contributed by atoms with E-state index in [4.69, 9.17) is 29.6 Å². The summed E-state index contributed by atoms with van der Waals surface area (Å²) in [5.74, 6) is 0. The fourth-order valence-corrected chi connectivity index (χ4v) is 2.14. The number of hydrogen-bond donors (Lipinski definition) is 1. The van der Waals surface area contributed by atoms with Gasteiger partial charge in [0.15, 0.2) is 5.01 Å². The zero-order chi connectivity index (χ0) is 9.42. The Kier molecular flexibility index (Phi) is 2.19. The summed E-state index contributed by atoms with van der Waals surface area (Å²) in [5, 5.41) is 1.36. The standard InChI is InChI=1S/C8H5ClN2S2/c9-4-1-2-6-5(3-4)11-8(13-6)7(10)12/h1-3H,(H2,10,12). The molecule has 5 heteroatoms. The molecule has 66 valence electrons. The summed E-state index contributed by atoms with van der Waals surface area (Å²) in [6.07, 6.45) is 0. The molecule has 13 heavy (non-hydrogen) atoms. The summed E-state index contributed by atoms with van der Waals surface area (Å²) < 4.78 is 1.05. The Hall–Kier alpha value is -0.710. The molecule has 2 aromatic rings. The summed E-state index contributed by atoms with van der Waals surface area (Å²) in [7, 11) is 0. The van der Waals surface area contributed by atoms with Crippen molar-refractivity contribution in [3.05, 3.63) is 28.2 Å². The molecule has 0 spiro atoms. The largest absolute Gasteiger partial charge is 0.387 e. The normalized spacial score (nSPS) is 10.5. The van der Waals surface area contributed by atoms with Crippen LogP contribution < -0.4 is 5.73 Å². The first-order valence-electron chi connectivity index (χ1n) is 3.53. The van der Waals surface area contributed by atoms with Crippen LogP contribution in [0.1, 0.15) is 5.01 Å². The molecule has 0 unspecified atom stereocenters. The molecule has 2 rings (SSSR count). The molecule has 0 aliphatic heterocycles. The van der Waals surface area contributed by atoms with E-state index in [9.17, 15) is 0 Å². The maximum Gasteiger partial charge on any atom is 0.151 e. The van der Waals surface area contributed by atoms with Crippen molar-refractivity contribution in [3.63, 3.8) is 0 Å². The Bertz CT molecular complexity index is 478. The van der Waals surface area contributed by atoms with Crippen molar-refractivity contribution < 1.29 is 0 Å². The van der Waals surface area contributed by atoms with Crippen LogP contribution in [-0.2, 0) is 0 Å². The monoisotopic (exact) mass is 228 g/mol. The SMILES string of the molecule is NC(=S)c1nc2cc(Cl)ccc2s1. The second-order valence-corrected chi connectivity index (χ2v) is 4.40. The van der Waals surface area contributed by atoms with Crippen molar-refractivity contribution in [3.8, 4) is 0 Å². The van der Waals surface area contributed by atoms with Crippen LogP contribution in [0.2, 0.25) is 5.02 Å². The molecule has 0 saturated carbocycles. The summed E-state index contributed by atoms with van der Waals surface area (Å²) in [4.78, 5) is 4.57. The van der Waals surface area contributed by atoms with Gasteiger partial charge in [-0.1, -0.05) is 23.8 Å². The highest BCUT2D eigenvalue weighted by molar-refractivity contribution is 7.81. The first-order valence-corrected chi connectivity index (χ1v) is 5.13. The molecule has 2 nitrogen and oxygen atoms in total. The average Bonchev–Trinajstić information content (AvgIpc) is 2.46. The molecular formula is C8H5ClN2S2. The van der Waals surface area contributed by atoms with Gasteiger partial charge in [0.2, 0.25) is 0 Å².